The van der Waals surface area contributed by atoms with Gasteiger partial charge in [0.25, 0.3) is 0 Å². The number of piperazine rings is 1. The number of guanidine groups is 1. The fourth-order valence-corrected chi connectivity index (χ4v) is 3.06. The van der Waals surface area contributed by atoms with Crippen LogP contribution in [0.5, 0.6) is 0 Å². The topological polar surface area (TPSA) is 65.2 Å². The molecule has 2 N–H and O–H groups in total. The summed E-state index contributed by atoms with van der Waals surface area (Å²) in [6, 6.07) is 0. The quantitative estimate of drug-likeness (QED) is 0.386. The van der Waals surface area contributed by atoms with E-state index in [1.165, 1.54) is 6.42 Å². The van der Waals surface area contributed by atoms with Crippen LogP contribution in [0, 0.1) is 5.92 Å². The Hall–Kier alpha value is -0.570. The Bertz CT molecular complexity index is 388. The first-order chi connectivity index (χ1) is 10.7. The summed E-state index contributed by atoms with van der Waals surface area (Å²) in [7, 11) is 0. The molecule has 0 aromatic rings. The summed E-state index contributed by atoms with van der Waals surface area (Å²) in [5, 5.41) is 0. The fourth-order valence-electron chi connectivity index (χ4n) is 3.06. The van der Waals surface area contributed by atoms with Crippen LogP contribution < -0.4 is 5.73 Å². The smallest absolute Gasteiger partial charge is 0.225 e. The van der Waals surface area contributed by atoms with E-state index in [2.05, 4.69) is 28.6 Å². The van der Waals surface area contributed by atoms with E-state index in [1.807, 2.05) is 4.90 Å². The molecule has 0 spiro atoms. The molecule has 1 saturated heterocycles. The summed E-state index contributed by atoms with van der Waals surface area (Å²) in [6.45, 7) is 11.3. The predicted octanol–water partition coefficient (Wildman–Crippen LogP) is 1.21. The van der Waals surface area contributed by atoms with Crippen LogP contribution in [0.1, 0.15) is 33.1 Å². The molecule has 7 heteroatoms. The van der Waals surface area contributed by atoms with Crippen LogP contribution in [0.3, 0.4) is 0 Å². The lowest BCUT2D eigenvalue weighted by atomic mass is 9.84. The van der Waals surface area contributed by atoms with Crippen molar-refractivity contribution in [2.45, 2.75) is 33.1 Å². The van der Waals surface area contributed by atoms with E-state index < -0.39 is 0 Å². The molecule has 2 rings (SSSR count). The highest BCUT2D eigenvalue weighted by Gasteiger charge is 2.30. The van der Waals surface area contributed by atoms with Gasteiger partial charge in [-0.05, 0) is 26.7 Å². The highest BCUT2D eigenvalue weighted by molar-refractivity contribution is 14.0. The van der Waals surface area contributed by atoms with Crippen molar-refractivity contribution in [2.75, 3.05) is 52.4 Å². The number of aliphatic imine (C=N–C) groups is 1. The molecule has 2 aliphatic rings. The van der Waals surface area contributed by atoms with Crippen LogP contribution in [0.2, 0.25) is 0 Å². The Morgan fingerprint density at radius 3 is 2.26 bits per heavy atom. The molecule has 0 unspecified atom stereocenters. The molecule has 1 saturated carbocycles. The van der Waals surface area contributed by atoms with Gasteiger partial charge in [-0.25, -0.2) is 0 Å². The van der Waals surface area contributed by atoms with Gasteiger partial charge in [0.2, 0.25) is 5.91 Å². The molecule has 23 heavy (non-hydrogen) atoms. The van der Waals surface area contributed by atoms with E-state index in [1.54, 1.807) is 0 Å². The molecule has 0 atom stereocenters. The van der Waals surface area contributed by atoms with E-state index in [0.29, 0.717) is 17.8 Å². The number of carbonyl (C=O) groups excluding carboxylic acids is 1. The summed E-state index contributed by atoms with van der Waals surface area (Å²) in [6.07, 6.45) is 3.42. The average molecular weight is 437 g/mol. The molecular weight excluding hydrogens is 405 g/mol. The molecule has 1 heterocycles. The van der Waals surface area contributed by atoms with Gasteiger partial charge in [-0.15, -0.1) is 24.0 Å². The maximum Gasteiger partial charge on any atom is 0.225 e. The summed E-state index contributed by atoms with van der Waals surface area (Å²) in [5.74, 6) is 1.35. The van der Waals surface area contributed by atoms with Crippen molar-refractivity contribution >= 4 is 35.8 Å². The minimum atomic E-state index is 0. The molecule has 1 aliphatic heterocycles. The first kappa shape index (κ1) is 20.5. The van der Waals surface area contributed by atoms with Gasteiger partial charge in [0.15, 0.2) is 5.96 Å². The van der Waals surface area contributed by atoms with Gasteiger partial charge >= 0.3 is 0 Å². The van der Waals surface area contributed by atoms with E-state index in [9.17, 15) is 4.79 Å². The molecule has 134 valence electrons. The van der Waals surface area contributed by atoms with Crippen molar-refractivity contribution in [3.63, 3.8) is 0 Å². The maximum absolute atomic E-state index is 12.2. The standard InChI is InChI=1S/C16H31N5O.HI/c1-3-20(4-2)16(17)18-8-9-19-10-12-21(13-11-19)15(22)14-6-5-7-14;/h14H,3-13H2,1-2H3,(H2,17,18);1H. The average Bonchev–Trinajstić information content (AvgIpc) is 2.47. The van der Waals surface area contributed by atoms with Crippen molar-refractivity contribution < 1.29 is 4.79 Å². The fraction of sp³-hybridized carbons (Fsp3) is 0.875. The normalized spacial score (nSPS) is 19.9. The number of rotatable bonds is 6. The number of amides is 1. The second-order valence-corrected chi connectivity index (χ2v) is 6.21. The summed E-state index contributed by atoms with van der Waals surface area (Å²) in [5.41, 5.74) is 5.98. The zero-order chi connectivity index (χ0) is 15.9. The largest absolute Gasteiger partial charge is 0.370 e. The molecule has 1 amide bonds. The molecule has 0 bridgehead atoms. The summed E-state index contributed by atoms with van der Waals surface area (Å²) in [4.78, 5) is 23.2. The summed E-state index contributed by atoms with van der Waals surface area (Å²) >= 11 is 0. The zero-order valence-corrected chi connectivity index (χ0v) is 16.9. The van der Waals surface area contributed by atoms with Crippen molar-refractivity contribution in [3.8, 4) is 0 Å². The van der Waals surface area contributed by atoms with Gasteiger partial charge in [0.05, 0.1) is 6.54 Å². The van der Waals surface area contributed by atoms with Crippen LogP contribution in [-0.4, -0.2) is 78.9 Å². The highest BCUT2D eigenvalue weighted by Crippen LogP contribution is 2.28. The molecule has 0 aromatic carbocycles. The van der Waals surface area contributed by atoms with E-state index in [0.717, 1.165) is 65.2 Å². The SMILES string of the molecule is CCN(CC)C(N)=NCCN1CCN(C(=O)C2CCC2)CC1.I. The zero-order valence-electron chi connectivity index (χ0n) is 14.5. The number of nitrogens with zero attached hydrogens (tertiary/aromatic N) is 4. The number of hydrogen-bond donors (Lipinski definition) is 1. The van der Waals surface area contributed by atoms with Crippen LogP contribution in [0.15, 0.2) is 4.99 Å². The molecule has 0 aromatic heterocycles. The minimum Gasteiger partial charge on any atom is -0.370 e. The summed E-state index contributed by atoms with van der Waals surface area (Å²) < 4.78 is 0. The van der Waals surface area contributed by atoms with Gasteiger partial charge in [0, 0.05) is 51.7 Å². The van der Waals surface area contributed by atoms with E-state index in [-0.39, 0.29) is 24.0 Å². The number of carbonyl (C=O) groups is 1. The molecule has 0 radical (unpaired) electrons. The lowest BCUT2D eigenvalue weighted by Crippen LogP contribution is -2.51. The van der Waals surface area contributed by atoms with Gasteiger partial charge in [-0.1, -0.05) is 6.42 Å². The number of hydrogen-bond acceptors (Lipinski definition) is 3. The third-order valence-corrected chi connectivity index (χ3v) is 4.92. The molecular formula is C16H32IN5O. The third kappa shape index (κ3) is 5.77. The lowest BCUT2D eigenvalue weighted by Gasteiger charge is -2.38. The van der Waals surface area contributed by atoms with Gasteiger partial charge in [-0.3, -0.25) is 14.7 Å². The van der Waals surface area contributed by atoms with Crippen molar-refractivity contribution in [2.24, 2.45) is 16.6 Å². The first-order valence-electron chi connectivity index (χ1n) is 8.71. The third-order valence-electron chi connectivity index (χ3n) is 4.92. The molecule has 1 aliphatic carbocycles. The molecule has 6 nitrogen and oxygen atoms in total. The van der Waals surface area contributed by atoms with Crippen molar-refractivity contribution in [1.82, 2.24) is 14.7 Å². The monoisotopic (exact) mass is 437 g/mol. The predicted molar refractivity (Wildman–Crippen MR) is 105 cm³/mol. The van der Waals surface area contributed by atoms with Crippen LogP contribution in [-0.2, 0) is 4.79 Å². The number of nitrogens with two attached hydrogens (primary N) is 1. The molecule has 2 fully saturated rings. The Labute approximate surface area is 157 Å². The Morgan fingerprint density at radius 2 is 1.78 bits per heavy atom. The van der Waals surface area contributed by atoms with Gasteiger partial charge in [0.1, 0.15) is 0 Å². The van der Waals surface area contributed by atoms with Crippen molar-refractivity contribution in [3.05, 3.63) is 0 Å². The van der Waals surface area contributed by atoms with E-state index in [4.69, 9.17) is 5.73 Å². The maximum atomic E-state index is 12.2. The van der Waals surface area contributed by atoms with Crippen LogP contribution >= 0.6 is 24.0 Å². The number of halogens is 1. The first-order valence-corrected chi connectivity index (χ1v) is 8.71. The van der Waals surface area contributed by atoms with Crippen LogP contribution in [0.4, 0.5) is 0 Å². The van der Waals surface area contributed by atoms with E-state index >= 15 is 0 Å². The second-order valence-electron chi connectivity index (χ2n) is 6.21. The Morgan fingerprint density at radius 1 is 1.17 bits per heavy atom. The van der Waals surface area contributed by atoms with Gasteiger partial charge in [-0.2, -0.15) is 0 Å². The lowest BCUT2D eigenvalue weighted by molar-refractivity contribution is -0.139. The van der Waals surface area contributed by atoms with Crippen LogP contribution in [0.25, 0.3) is 0 Å². The van der Waals surface area contributed by atoms with Gasteiger partial charge < -0.3 is 15.5 Å². The Balaban J connectivity index is 0.00000264. The minimum absolute atomic E-state index is 0. The highest BCUT2D eigenvalue weighted by atomic mass is 127. The Kier molecular flexibility index (Phi) is 9.19. The van der Waals surface area contributed by atoms with Crippen molar-refractivity contribution in [1.29, 1.82) is 0 Å². The second kappa shape index (κ2) is 10.3.